The van der Waals surface area contributed by atoms with E-state index < -0.39 is 22.9 Å². The van der Waals surface area contributed by atoms with Crippen molar-refractivity contribution < 1.29 is 13.2 Å². The van der Waals surface area contributed by atoms with Gasteiger partial charge in [0, 0.05) is 10.6 Å². The van der Waals surface area contributed by atoms with Gasteiger partial charge in [0.05, 0.1) is 11.3 Å². The van der Waals surface area contributed by atoms with Crippen molar-refractivity contribution in [2.24, 2.45) is 0 Å². The Hall–Kier alpha value is -1.98. The number of nitriles is 1. The van der Waals surface area contributed by atoms with Crippen molar-refractivity contribution in [1.82, 2.24) is 9.97 Å². The number of rotatable bonds is 2. The highest BCUT2D eigenvalue weighted by molar-refractivity contribution is 7.98. The summed E-state index contributed by atoms with van der Waals surface area (Å²) in [7, 11) is 0. The number of halogens is 4. The minimum absolute atomic E-state index is 0.107. The fraction of sp³-hybridized carbons (Fsp3) is 0.154. The van der Waals surface area contributed by atoms with Gasteiger partial charge in [-0.05, 0) is 18.4 Å². The van der Waals surface area contributed by atoms with E-state index in [0.29, 0.717) is 0 Å². The lowest BCUT2D eigenvalue weighted by Gasteiger charge is -2.14. The summed E-state index contributed by atoms with van der Waals surface area (Å²) in [5, 5.41) is 9.05. The lowest BCUT2D eigenvalue weighted by Crippen LogP contribution is -2.16. The van der Waals surface area contributed by atoms with Crippen molar-refractivity contribution in [1.29, 1.82) is 5.26 Å². The number of nitrogens with one attached hydrogen (secondary N) is 1. The Morgan fingerprint density at radius 3 is 2.64 bits per heavy atom. The van der Waals surface area contributed by atoms with E-state index in [1.165, 1.54) is 6.07 Å². The normalized spacial score (nSPS) is 11.3. The third-order valence-electron chi connectivity index (χ3n) is 2.74. The predicted molar refractivity (Wildman–Crippen MR) is 76.8 cm³/mol. The zero-order chi connectivity index (χ0) is 16.5. The quantitative estimate of drug-likeness (QED) is 0.665. The molecule has 9 heteroatoms. The molecule has 0 spiro atoms. The highest BCUT2D eigenvalue weighted by Crippen LogP contribution is 2.38. The van der Waals surface area contributed by atoms with Crippen LogP contribution in [0.3, 0.4) is 0 Å². The number of H-pyrrole nitrogens is 1. The van der Waals surface area contributed by atoms with E-state index in [1.54, 1.807) is 12.3 Å². The summed E-state index contributed by atoms with van der Waals surface area (Å²) in [6, 6.07) is 4.67. The first-order chi connectivity index (χ1) is 10.3. The second-order valence-corrected chi connectivity index (χ2v) is 5.33. The number of nitrogens with zero attached hydrogens (tertiary/aromatic N) is 2. The zero-order valence-electron chi connectivity index (χ0n) is 11.0. The van der Waals surface area contributed by atoms with Gasteiger partial charge < -0.3 is 4.98 Å². The van der Waals surface area contributed by atoms with Crippen LogP contribution in [0.1, 0.15) is 11.1 Å². The molecule has 0 bridgehead atoms. The minimum Gasteiger partial charge on any atom is -0.300 e. The van der Waals surface area contributed by atoms with Crippen LogP contribution in [-0.4, -0.2) is 16.2 Å². The third kappa shape index (κ3) is 3.10. The van der Waals surface area contributed by atoms with Gasteiger partial charge in [0.25, 0.3) is 5.56 Å². The number of alkyl halides is 3. The summed E-state index contributed by atoms with van der Waals surface area (Å²) in [6.45, 7) is 0. The molecule has 0 radical (unpaired) electrons. The van der Waals surface area contributed by atoms with Crippen LogP contribution in [0, 0.1) is 11.3 Å². The largest absolute Gasteiger partial charge is 0.417 e. The minimum atomic E-state index is -4.70. The topological polar surface area (TPSA) is 69.5 Å². The van der Waals surface area contributed by atoms with Crippen LogP contribution in [0.5, 0.6) is 0 Å². The van der Waals surface area contributed by atoms with Gasteiger partial charge >= 0.3 is 6.18 Å². The number of thioether (sulfide) groups is 1. The maximum Gasteiger partial charge on any atom is 0.417 e. The highest BCUT2D eigenvalue weighted by Gasteiger charge is 2.35. The number of aromatic amines is 1. The molecule has 0 atom stereocenters. The van der Waals surface area contributed by atoms with Crippen LogP contribution in [0.25, 0.3) is 11.3 Å². The summed E-state index contributed by atoms with van der Waals surface area (Å²) in [5.74, 6) is 0. The molecule has 1 N–H and O–H groups in total. The molecule has 4 nitrogen and oxygen atoms in total. The molecule has 2 rings (SSSR count). The summed E-state index contributed by atoms with van der Waals surface area (Å²) in [4.78, 5) is 18.1. The summed E-state index contributed by atoms with van der Waals surface area (Å²) >= 11 is 6.66. The Bertz CT molecular complexity index is 827. The van der Waals surface area contributed by atoms with Gasteiger partial charge in [-0.25, -0.2) is 4.98 Å². The van der Waals surface area contributed by atoms with E-state index in [4.69, 9.17) is 16.9 Å². The second kappa shape index (κ2) is 6.02. The molecule has 0 aliphatic rings. The first kappa shape index (κ1) is 16.4. The average molecular weight is 346 g/mol. The molecule has 0 aliphatic heterocycles. The fourth-order valence-corrected chi connectivity index (χ4v) is 2.35. The zero-order valence-corrected chi connectivity index (χ0v) is 12.5. The van der Waals surface area contributed by atoms with Gasteiger partial charge in [0.15, 0.2) is 5.16 Å². The maximum atomic E-state index is 13.2. The van der Waals surface area contributed by atoms with E-state index in [0.717, 1.165) is 23.9 Å². The third-order valence-corrected chi connectivity index (χ3v) is 3.56. The molecule has 114 valence electrons. The first-order valence-corrected chi connectivity index (χ1v) is 7.33. The van der Waals surface area contributed by atoms with Gasteiger partial charge in [0.2, 0.25) is 0 Å². The Kier molecular flexibility index (Phi) is 4.49. The second-order valence-electron chi connectivity index (χ2n) is 4.10. The predicted octanol–water partition coefficient (Wildman–Crippen LogP) is 3.70. The van der Waals surface area contributed by atoms with Crippen LogP contribution >= 0.6 is 23.4 Å². The molecule has 0 unspecified atom stereocenters. The number of benzene rings is 1. The molecule has 0 saturated carbocycles. The molecule has 1 heterocycles. The van der Waals surface area contributed by atoms with Crippen LogP contribution < -0.4 is 5.56 Å². The molecule has 22 heavy (non-hydrogen) atoms. The van der Waals surface area contributed by atoms with Crippen molar-refractivity contribution in [2.45, 2.75) is 11.3 Å². The van der Waals surface area contributed by atoms with Gasteiger partial charge in [0.1, 0.15) is 11.6 Å². The van der Waals surface area contributed by atoms with E-state index in [2.05, 4.69) is 9.97 Å². The Morgan fingerprint density at radius 1 is 1.41 bits per heavy atom. The SMILES string of the molecule is CSc1nc(-c2ccc(Cl)cc2C(F)(F)F)c(C#N)c(=O)[nH]1. The Morgan fingerprint density at radius 2 is 2.09 bits per heavy atom. The first-order valence-electron chi connectivity index (χ1n) is 5.73. The molecule has 0 aliphatic carbocycles. The number of hydrogen-bond donors (Lipinski definition) is 1. The molecule has 0 saturated heterocycles. The molecule has 2 aromatic rings. The smallest absolute Gasteiger partial charge is 0.300 e. The molecular weight excluding hydrogens is 339 g/mol. The van der Waals surface area contributed by atoms with Crippen molar-refractivity contribution in [3.05, 3.63) is 44.7 Å². The molecule has 0 fully saturated rings. The lowest BCUT2D eigenvalue weighted by atomic mass is 10.0. The molecule has 0 amide bonds. The maximum absolute atomic E-state index is 13.2. The van der Waals surface area contributed by atoms with E-state index >= 15 is 0 Å². The molecule has 1 aromatic carbocycles. The van der Waals surface area contributed by atoms with Crippen molar-refractivity contribution in [3.8, 4) is 17.3 Å². The van der Waals surface area contributed by atoms with Crippen molar-refractivity contribution in [2.75, 3.05) is 6.26 Å². The van der Waals surface area contributed by atoms with Crippen molar-refractivity contribution >= 4 is 23.4 Å². The Balaban J connectivity index is 2.86. The van der Waals surface area contributed by atoms with E-state index in [-0.39, 0.29) is 21.4 Å². The standard InChI is InChI=1S/C13H7ClF3N3OS/c1-22-12-19-10(8(5-18)11(21)20-12)7-3-2-6(14)4-9(7)13(15,16)17/h2-4H,1H3,(H,19,20,21). The van der Waals surface area contributed by atoms with Gasteiger partial charge in [-0.15, -0.1) is 0 Å². The highest BCUT2D eigenvalue weighted by atomic mass is 35.5. The lowest BCUT2D eigenvalue weighted by molar-refractivity contribution is -0.137. The Labute approximate surface area is 131 Å². The summed E-state index contributed by atoms with van der Waals surface area (Å²) in [6.07, 6.45) is -3.10. The summed E-state index contributed by atoms with van der Waals surface area (Å²) < 4.78 is 39.5. The fourth-order valence-electron chi connectivity index (χ4n) is 1.81. The van der Waals surface area contributed by atoms with Gasteiger partial charge in [-0.2, -0.15) is 18.4 Å². The number of aromatic nitrogens is 2. The average Bonchev–Trinajstić information content (AvgIpc) is 2.45. The van der Waals surface area contributed by atoms with Crippen LogP contribution in [-0.2, 0) is 6.18 Å². The summed E-state index contributed by atoms with van der Waals surface area (Å²) in [5.41, 5.74) is -3.01. The monoisotopic (exact) mass is 345 g/mol. The van der Waals surface area contributed by atoms with E-state index in [9.17, 15) is 18.0 Å². The molecule has 1 aromatic heterocycles. The van der Waals surface area contributed by atoms with Crippen LogP contribution in [0.2, 0.25) is 5.02 Å². The van der Waals surface area contributed by atoms with Crippen LogP contribution in [0.15, 0.2) is 28.2 Å². The van der Waals surface area contributed by atoms with Gasteiger partial charge in [-0.1, -0.05) is 29.4 Å². The van der Waals surface area contributed by atoms with Gasteiger partial charge in [-0.3, -0.25) is 4.79 Å². The molecular formula is C13H7ClF3N3OS. The van der Waals surface area contributed by atoms with E-state index in [1.807, 2.05) is 0 Å². The number of hydrogen-bond acceptors (Lipinski definition) is 4. The van der Waals surface area contributed by atoms with Crippen molar-refractivity contribution in [3.63, 3.8) is 0 Å². The van der Waals surface area contributed by atoms with Crippen LogP contribution in [0.4, 0.5) is 13.2 Å².